The van der Waals surface area contributed by atoms with Gasteiger partial charge in [-0.15, -0.1) is 0 Å². The minimum Gasteiger partial charge on any atom is -0.371 e. The first-order valence-electron chi connectivity index (χ1n) is 13.1. The number of hydrogen-bond acceptors (Lipinski definition) is 8. The molecule has 2 fully saturated rings. The Balaban J connectivity index is 0.000000714. The molecule has 14 heteroatoms. The monoisotopic (exact) mass is 623 g/mol. The second kappa shape index (κ2) is 13.0. The first-order chi connectivity index (χ1) is 19.3. The number of fused-ring (bicyclic) bond motifs is 1. The molecule has 5 rings (SSSR count). The molecule has 222 valence electrons. The van der Waals surface area contributed by atoms with Gasteiger partial charge in [0.05, 0.1) is 23.7 Å². The van der Waals surface area contributed by atoms with Gasteiger partial charge in [-0.25, -0.2) is 8.42 Å². The van der Waals surface area contributed by atoms with Crippen molar-refractivity contribution in [3.05, 3.63) is 65.9 Å². The lowest BCUT2D eigenvalue weighted by Crippen LogP contribution is -2.61. The second-order valence-electron chi connectivity index (χ2n) is 10.3. The molecule has 1 atom stereocenters. The Kier molecular flexibility index (Phi) is 9.88. The van der Waals surface area contributed by atoms with Gasteiger partial charge in [-0.05, 0) is 65.9 Å². The minimum absolute atomic E-state index is 0.165. The molecule has 2 aliphatic heterocycles. The normalized spacial score (nSPS) is 19.2. The van der Waals surface area contributed by atoms with Crippen molar-refractivity contribution in [1.29, 1.82) is 0 Å². The number of rotatable bonds is 6. The first-order valence-corrected chi connectivity index (χ1v) is 16.8. The Labute approximate surface area is 245 Å². The quantitative estimate of drug-likeness (QED) is 0.394. The molecule has 2 aromatic carbocycles. The lowest BCUT2D eigenvalue weighted by molar-refractivity contribution is -0.138. The summed E-state index contributed by atoms with van der Waals surface area (Å²) in [7, 11) is -7.52. The van der Waals surface area contributed by atoms with Crippen LogP contribution < -0.4 is 10.6 Å². The van der Waals surface area contributed by atoms with Gasteiger partial charge in [-0.1, -0.05) is 23.7 Å². The van der Waals surface area contributed by atoms with E-state index in [2.05, 4.69) is 9.88 Å². The molecular weight excluding hydrogens is 590 g/mol. The van der Waals surface area contributed by atoms with E-state index in [0.717, 1.165) is 42.4 Å². The highest BCUT2D eigenvalue weighted by Crippen LogP contribution is 2.28. The van der Waals surface area contributed by atoms with E-state index in [1.165, 1.54) is 4.31 Å². The van der Waals surface area contributed by atoms with Crippen molar-refractivity contribution in [1.82, 2.24) is 14.2 Å². The number of piperazine rings is 1. The molecular formula is C27H34ClN5O6S2. The number of anilines is 1. The van der Waals surface area contributed by atoms with Crippen molar-refractivity contribution in [2.24, 2.45) is 11.7 Å². The van der Waals surface area contributed by atoms with Crippen LogP contribution in [-0.4, -0.2) is 93.1 Å². The van der Waals surface area contributed by atoms with Crippen molar-refractivity contribution in [2.75, 3.05) is 50.4 Å². The number of nitrogens with zero attached hydrogens (tertiary/aromatic N) is 4. The number of piperidine rings is 1. The van der Waals surface area contributed by atoms with Crippen LogP contribution in [0.2, 0.25) is 5.02 Å². The number of halogens is 1. The zero-order valence-electron chi connectivity index (χ0n) is 22.6. The average Bonchev–Trinajstić information content (AvgIpc) is 2.93. The van der Waals surface area contributed by atoms with Crippen molar-refractivity contribution in [2.45, 2.75) is 23.8 Å². The van der Waals surface area contributed by atoms with Crippen LogP contribution in [0.25, 0.3) is 10.8 Å². The first kappa shape index (κ1) is 31.1. The predicted octanol–water partition coefficient (Wildman–Crippen LogP) is 2.47. The molecule has 1 amide bonds. The van der Waals surface area contributed by atoms with E-state index in [9.17, 15) is 21.6 Å². The minimum atomic E-state index is -3.85. The lowest BCUT2D eigenvalue weighted by atomic mass is 9.94. The molecule has 0 saturated carbocycles. The Hall–Kier alpha value is -2.81. The highest BCUT2D eigenvalue weighted by atomic mass is 35.5. The maximum atomic E-state index is 13.5. The van der Waals surface area contributed by atoms with Gasteiger partial charge in [0.15, 0.2) is 0 Å². The van der Waals surface area contributed by atoms with E-state index >= 15 is 0 Å². The van der Waals surface area contributed by atoms with Crippen LogP contribution >= 0.6 is 11.6 Å². The zero-order valence-corrected chi connectivity index (χ0v) is 25.0. The second-order valence-corrected chi connectivity index (χ2v) is 14.1. The smallest absolute Gasteiger partial charge is 0.261 e. The van der Waals surface area contributed by atoms with Crippen LogP contribution in [0.1, 0.15) is 12.8 Å². The van der Waals surface area contributed by atoms with Gasteiger partial charge in [0.25, 0.3) is 10.1 Å². The Morgan fingerprint density at radius 1 is 1.00 bits per heavy atom. The number of sulfonamides is 1. The van der Waals surface area contributed by atoms with E-state index in [-0.39, 0.29) is 36.5 Å². The summed E-state index contributed by atoms with van der Waals surface area (Å²) in [6.07, 6.45) is 6.24. The zero-order chi connectivity index (χ0) is 29.8. The van der Waals surface area contributed by atoms with Gasteiger partial charge in [-0.2, -0.15) is 12.7 Å². The van der Waals surface area contributed by atoms with Crippen molar-refractivity contribution >= 4 is 54.1 Å². The van der Waals surface area contributed by atoms with Crippen LogP contribution in [0.15, 0.2) is 65.8 Å². The highest BCUT2D eigenvalue weighted by Gasteiger charge is 2.39. The van der Waals surface area contributed by atoms with Gasteiger partial charge in [0, 0.05) is 55.8 Å². The third-order valence-electron chi connectivity index (χ3n) is 7.27. The van der Waals surface area contributed by atoms with Gasteiger partial charge in [0.1, 0.15) is 0 Å². The molecule has 1 unspecified atom stereocenters. The third kappa shape index (κ3) is 8.15. The van der Waals surface area contributed by atoms with Crippen molar-refractivity contribution < 1.29 is 26.2 Å². The number of carbonyl (C=O) groups is 1. The number of amides is 1. The van der Waals surface area contributed by atoms with Crippen LogP contribution in [-0.2, 0) is 24.9 Å². The molecule has 0 spiro atoms. The standard InChI is InChI=1S/C26H30ClN5O3S.CH4O3S/c27-22-3-1-21-14-25(4-2-20(21)13-22)36(34,35)31-17-24(15-28)32(26(33)18-31)16-19-7-11-30(12-8-19)23-5-9-29-10-6-23;1-5(2,3)4/h1-6,9-10,13-14,19,24H,7-8,11-12,15-18,28H2;1H3,(H,2,3,4). The SMILES string of the molecule is CS(=O)(=O)O.NCC1CN(S(=O)(=O)c2ccc3cc(Cl)ccc3c2)CC(=O)N1CC1CCN(c2ccncc2)CC1. The Bertz CT molecular complexity index is 1570. The molecule has 3 aromatic rings. The highest BCUT2D eigenvalue weighted by molar-refractivity contribution is 7.89. The summed E-state index contributed by atoms with van der Waals surface area (Å²) in [6.45, 7) is 2.67. The fraction of sp³-hybridized carbons (Fsp3) is 0.407. The summed E-state index contributed by atoms with van der Waals surface area (Å²) in [5, 5.41) is 2.23. The van der Waals surface area contributed by atoms with Gasteiger partial charge in [0.2, 0.25) is 15.9 Å². The summed E-state index contributed by atoms with van der Waals surface area (Å²) in [6, 6.07) is 13.9. The molecule has 11 nitrogen and oxygen atoms in total. The topological polar surface area (TPSA) is 154 Å². The maximum Gasteiger partial charge on any atom is 0.261 e. The molecule has 2 aliphatic rings. The number of pyridine rings is 1. The van der Waals surface area contributed by atoms with E-state index < -0.39 is 20.1 Å². The molecule has 1 aromatic heterocycles. The summed E-state index contributed by atoms with van der Waals surface area (Å²) in [5.74, 6) is 0.168. The molecule has 0 radical (unpaired) electrons. The van der Waals surface area contributed by atoms with Crippen molar-refractivity contribution in [3.8, 4) is 0 Å². The molecule has 41 heavy (non-hydrogen) atoms. The van der Waals surface area contributed by atoms with Gasteiger partial charge < -0.3 is 15.5 Å². The molecule has 3 heterocycles. The summed E-state index contributed by atoms with van der Waals surface area (Å²) in [5.41, 5.74) is 7.21. The van der Waals surface area contributed by atoms with Crippen LogP contribution in [0.3, 0.4) is 0 Å². The number of benzene rings is 2. The number of carbonyl (C=O) groups excluding carboxylic acids is 1. The van der Waals surface area contributed by atoms with E-state index in [0.29, 0.717) is 23.7 Å². The molecule has 2 saturated heterocycles. The number of nitrogens with two attached hydrogens (primary N) is 1. The number of hydrogen-bond donors (Lipinski definition) is 2. The van der Waals surface area contributed by atoms with Gasteiger partial charge >= 0.3 is 0 Å². The lowest BCUT2D eigenvalue weighted by Gasteiger charge is -2.43. The fourth-order valence-electron chi connectivity index (χ4n) is 5.19. The molecule has 3 N–H and O–H groups in total. The summed E-state index contributed by atoms with van der Waals surface area (Å²) < 4.78 is 54.0. The molecule has 0 aliphatic carbocycles. The fourth-order valence-corrected chi connectivity index (χ4v) is 6.83. The molecule has 0 bridgehead atoms. The van der Waals surface area contributed by atoms with Crippen molar-refractivity contribution in [3.63, 3.8) is 0 Å². The van der Waals surface area contributed by atoms with Gasteiger partial charge in [-0.3, -0.25) is 14.3 Å². The van der Waals surface area contributed by atoms with Crippen LogP contribution in [0.4, 0.5) is 5.69 Å². The summed E-state index contributed by atoms with van der Waals surface area (Å²) in [4.78, 5) is 21.6. The van der Waals surface area contributed by atoms with E-state index in [4.69, 9.17) is 21.9 Å². The van der Waals surface area contributed by atoms with E-state index in [1.54, 1.807) is 53.7 Å². The Morgan fingerprint density at radius 3 is 2.24 bits per heavy atom. The van der Waals surface area contributed by atoms with Crippen LogP contribution in [0.5, 0.6) is 0 Å². The number of aromatic nitrogens is 1. The Morgan fingerprint density at radius 2 is 1.61 bits per heavy atom. The largest absolute Gasteiger partial charge is 0.371 e. The average molecular weight is 624 g/mol. The summed E-state index contributed by atoms with van der Waals surface area (Å²) >= 11 is 6.05. The third-order valence-corrected chi connectivity index (χ3v) is 9.31. The van der Waals surface area contributed by atoms with E-state index in [1.807, 2.05) is 12.1 Å². The maximum absolute atomic E-state index is 13.5. The predicted molar refractivity (Wildman–Crippen MR) is 159 cm³/mol. The van der Waals surface area contributed by atoms with Crippen LogP contribution in [0, 0.1) is 5.92 Å².